The average Bonchev–Trinajstić information content (AvgIpc) is 2.77. The van der Waals surface area contributed by atoms with Crippen LogP contribution >= 0.6 is 43.2 Å². The van der Waals surface area contributed by atoms with Gasteiger partial charge in [0.2, 0.25) is 5.78 Å². The topological polar surface area (TPSA) is 61.5 Å². The molecule has 1 aromatic carbocycles. The molecular formula is C13H11Br2NO3S. The van der Waals surface area contributed by atoms with Gasteiger partial charge in [-0.05, 0) is 44.0 Å². The second-order valence-electron chi connectivity index (χ2n) is 3.86. The van der Waals surface area contributed by atoms with E-state index in [-0.39, 0.29) is 5.78 Å². The van der Waals surface area contributed by atoms with Gasteiger partial charge in [-0.2, -0.15) is 0 Å². The number of halogens is 2. The molecule has 2 rings (SSSR count). The lowest BCUT2D eigenvalue weighted by Crippen LogP contribution is -2.05. The van der Waals surface area contributed by atoms with Crippen LogP contribution in [0.25, 0.3) is 0 Å². The number of benzene rings is 1. The van der Waals surface area contributed by atoms with Gasteiger partial charge in [-0.25, -0.2) is 0 Å². The van der Waals surface area contributed by atoms with E-state index in [0.29, 0.717) is 27.6 Å². The molecule has 0 atom stereocenters. The summed E-state index contributed by atoms with van der Waals surface area (Å²) in [6, 6.07) is 4.94. The molecule has 0 bridgehead atoms. The third-order valence-electron chi connectivity index (χ3n) is 2.67. The van der Waals surface area contributed by atoms with Crippen molar-refractivity contribution in [3.8, 4) is 11.5 Å². The van der Waals surface area contributed by atoms with Crippen molar-refractivity contribution >= 4 is 54.7 Å². The van der Waals surface area contributed by atoms with Gasteiger partial charge in [-0.3, -0.25) is 4.79 Å². The Morgan fingerprint density at radius 1 is 1.15 bits per heavy atom. The van der Waals surface area contributed by atoms with Gasteiger partial charge in [0, 0.05) is 16.2 Å². The molecule has 0 aliphatic rings. The summed E-state index contributed by atoms with van der Waals surface area (Å²) in [4.78, 5) is 13.1. The number of thiophene rings is 1. The van der Waals surface area contributed by atoms with E-state index in [1.165, 1.54) is 25.6 Å². The predicted octanol–water partition coefficient (Wildman–Crippen LogP) is 4.10. The van der Waals surface area contributed by atoms with Crippen LogP contribution in [0.1, 0.15) is 15.2 Å². The fourth-order valence-corrected chi connectivity index (χ4v) is 3.67. The lowest BCUT2D eigenvalue weighted by atomic mass is 10.1. The molecule has 0 unspecified atom stereocenters. The van der Waals surface area contributed by atoms with Crippen molar-refractivity contribution in [2.75, 3.05) is 20.0 Å². The summed E-state index contributed by atoms with van der Waals surface area (Å²) >= 11 is 8.07. The molecule has 0 radical (unpaired) electrons. The SMILES string of the molecule is COc1cc(N)c(C(=O)c2cc(Br)c(Br)s2)cc1OC. The fraction of sp³-hybridized carbons (Fsp3) is 0.154. The smallest absolute Gasteiger partial charge is 0.205 e. The maximum Gasteiger partial charge on any atom is 0.205 e. The zero-order valence-corrected chi connectivity index (χ0v) is 14.7. The summed E-state index contributed by atoms with van der Waals surface area (Å²) in [7, 11) is 3.03. The number of carbonyl (C=O) groups excluding carboxylic acids is 1. The van der Waals surface area contributed by atoms with Crippen molar-refractivity contribution in [3.05, 3.63) is 36.9 Å². The largest absolute Gasteiger partial charge is 0.493 e. The minimum Gasteiger partial charge on any atom is -0.493 e. The van der Waals surface area contributed by atoms with E-state index in [1.807, 2.05) is 0 Å². The van der Waals surface area contributed by atoms with Crippen LogP contribution in [0.2, 0.25) is 0 Å². The number of rotatable bonds is 4. The molecule has 106 valence electrons. The van der Waals surface area contributed by atoms with Crippen LogP contribution in [0, 0.1) is 0 Å². The third-order valence-corrected chi connectivity index (χ3v) is 5.92. The molecule has 0 amide bonds. The highest BCUT2D eigenvalue weighted by atomic mass is 79.9. The summed E-state index contributed by atoms with van der Waals surface area (Å²) in [5.74, 6) is 0.815. The molecular weight excluding hydrogens is 410 g/mol. The summed E-state index contributed by atoms with van der Waals surface area (Å²) in [5.41, 5.74) is 6.68. The van der Waals surface area contributed by atoms with Crippen molar-refractivity contribution in [2.45, 2.75) is 0 Å². The van der Waals surface area contributed by atoms with Gasteiger partial charge in [0.15, 0.2) is 11.5 Å². The summed E-state index contributed by atoms with van der Waals surface area (Å²) in [5, 5.41) is 0. The van der Waals surface area contributed by atoms with E-state index >= 15 is 0 Å². The average molecular weight is 421 g/mol. The highest BCUT2D eigenvalue weighted by Gasteiger charge is 2.19. The number of nitrogens with two attached hydrogens (primary N) is 1. The fourth-order valence-electron chi connectivity index (χ4n) is 1.68. The maximum atomic E-state index is 12.5. The van der Waals surface area contributed by atoms with Crippen LogP contribution < -0.4 is 15.2 Å². The molecule has 7 heteroatoms. The third kappa shape index (κ3) is 2.84. The van der Waals surface area contributed by atoms with Crippen LogP contribution in [0.5, 0.6) is 11.5 Å². The van der Waals surface area contributed by atoms with Gasteiger partial charge >= 0.3 is 0 Å². The number of ether oxygens (including phenoxy) is 2. The van der Waals surface area contributed by atoms with Crippen LogP contribution in [-0.2, 0) is 0 Å². The van der Waals surface area contributed by atoms with Crippen molar-refractivity contribution in [3.63, 3.8) is 0 Å². The first-order chi connectivity index (χ1) is 9.47. The molecule has 0 fully saturated rings. The minimum atomic E-state index is -0.153. The second-order valence-corrected chi connectivity index (χ2v) is 7.08. The number of anilines is 1. The van der Waals surface area contributed by atoms with Gasteiger partial charge in [0.05, 0.1) is 28.4 Å². The molecule has 2 aromatic rings. The quantitative estimate of drug-likeness (QED) is 0.597. The van der Waals surface area contributed by atoms with E-state index in [0.717, 1.165) is 8.26 Å². The first-order valence-corrected chi connectivity index (χ1v) is 7.89. The molecule has 2 N–H and O–H groups in total. The number of hydrogen-bond acceptors (Lipinski definition) is 5. The summed E-state index contributed by atoms with van der Waals surface area (Å²) < 4.78 is 12.0. The number of hydrogen-bond donors (Lipinski definition) is 1. The predicted molar refractivity (Wildman–Crippen MR) is 87.1 cm³/mol. The van der Waals surface area contributed by atoms with Crippen molar-refractivity contribution in [1.29, 1.82) is 0 Å². The number of carbonyl (C=O) groups is 1. The Morgan fingerprint density at radius 2 is 1.75 bits per heavy atom. The zero-order chi connectivity index (χ0) is 14.9. The normalized spacial score (nSPS) is 10.4. The molecule has 0 aliphatic carbocycles. The van der Waals surface area contributed by atoms with Crippen LogP contribution in [-0.4, -0.2) is 20.0 Å². The summed E-state index contributed by atoms with van der Waals surface area (Å²) in [6.07, 6.45) is 0. The highest BCUT2D eigenvalue weighted by molar-refractivity contribution is 9.13. The molecule has 0 aliphatic heterocycles. The van der Waals surface area contributed by atoms with E-state index in [9.17, 15) is 4.79 Å². The van der Waals surface area contributed by atoms with E-state index < -0.39 is 0 Å². The van der Waals surface area contributed by atoms with Gasteiger partial charge in [0.25, 0.3) is 0 Å². The second kappa shape index (κ2) is 6.15. The Balaban J connectivity index is 2.49. The Bertz CT molecular complexity index is 650. The molecule has 1 aromatic heterocycles. The monoisotopic (exact) mass is 419 g/mol. The lowest BCUT2D eigenvalue weighted by molar-refractivity contribution is 0.104. The van der Waals surface area contributed by atoms with Gasteiger partial charge in [-0.1, -0.05) is 0 Å². The van der Waals surface area contributed by atoms with Gasteiger partial charge in [0.1, 0.15) is 0 Å². The minimum absolute atomic E-state index is 0.153. The van der Waals surface area contributed by atoms with Crippen LogP contribution in [0.15, 0.2) is 26.5 Å². The Kier molecular flexibility index (Phi) is 4.72. The van der Waals surface area contributed by atoms with Crippen molar-refractivity contribution in [2.24, 2.45) is 0 Å². The van der Waals surface area contributed by atoms with Gasteiger partial charge < -0.3 is 15.2 Å². The number of ketones is 1. The Hall–Kier alpha value is -1.05. The standard InChI is InChI=1S/C13H11Br2NO3S/c1-18-9-3-6(8(16)5-10(9)19-2)12(17)11-4-7(14)13(15)20-11/h3-5H,16H2,1-2H3. The molecule has 4 nitrogen and oxygen atoms in total. The lowest BCUT2D eigenvalue weighted by Gasteiger charge is -2.11. The molecule has 1 heterocycles. The molecule has 0 saturated heterocycles. The van der Waals surface area contributed by atoms with Crippen molar-refractivity contribution in [1.82, 2.24) is 0 Å². The summed E-state index contributed by atoms with van der Waals surface area (Å²) in [6.45, 7) is 0. The highest BCUT2D eigenvalue weighted by Crippen LogP contribution is 2.37. The van der Waals surface area contributed by atoms with E-state index in [2.05, 4.69) is 31.9 Å². The van der Waals surface area contributed by atoms with Gasteiger partial charge in [-0.15, -0.1) is 11.3 Å². The maximum absolute atomic E-state index is 12.5. The van der Waals surface area contributed by atoms with E-state index in [4.69, 9.17) is 15.2 Å². The molecule has 0 saturated carbocycles. The van der Waals surface area contributed by atoms with Crippen LogP contribution in [0.3, 0.4) is 0 Å². The Labute approximate surface area is 137 Å². The molecule has 20 heavy (non-hydrogen) atoms. The Morgan fingerprint density at radius 3 is 2.25 bits per heavy atom. The van der Waals surface area contributed by atoms with E-state index in [1.54, 1.807) is 18.2 Å². The number of methoxy groups -OCH3 is 2. The first-order valence-electron chi connectivity index (χ1n) is 5.49. The first kappa shape index (κ1) is 15.3. The molecule has 0 spiro atoms. The number of nitrogen functional groups attached to an aromatic ring is 1. The van der Waals surface area contributed by atoms with Crippen molar-refractivity contribution < 1.29 is 14.3 Å². The zero-order valence-electron chi connectivity index (χ0n) is 10.7. The van der Waals surface area contributed by atoms with Crippen LogP contribution in [0.4, 0.5) is 5.69 Å².